The molecule has 3 heterocycles. The van der Waals surface area contributed by atoms with Crippen molar-refractivity contribution in [3.8, 4) is 5.69 Å². The van der Waals surface area contributed by atoms with E-state index in [-0.39, 0.29) is 12.3 Å². The van der Waals surface area contributed by atoms with Gasteiger partial charge in [0.15, 0.2) is 6.29 Å². The van der Waals surface area contributed by atoms with Crippen molar-refractivity contribution in [1.82, 2.24) is 19.8 Å². The number of hydrogen-bond donors (Lipinski definition) is 2. The zero-order chi connectivity index (χ0) is 29.0. The maximum atomic E-state index is 3.95. The Kier molecular flexibility index (Phi) is 5.68. The molecule has 9 rings (SSSR count). The quantitative estimate of drug-likeness (QED) is 0.223. The molecule has 210 valence electrons. The highest BCUT2D eigenvalue weighted by molar-refractivity contribution is 6.18. The third-order valence-corrected chi connectivity index (χ3v) is 8.98. The average Bonchev–Trinajstić information content (AvgIpc) is 3.60. The number of hydrogen-bond acceptors (Lipinski definition) is 2. The maximum Gasteiger partial charge on any atom is 0.160 e. The molecular formula is C40H30N4. The van der Waals surface area contributed by atoms with Gasteiger partial charge in [-0.3, -0.25) is 5.32 Å². The molecule has 1 aliphatic heterocycles. The fourth-order valence-corrected chi connectivity index (χ4v) is 7.00. The second-order valence-corrected chi connectivity index (χ2v) is 11.5. The van der Waals surface area contributed by atoms with Crippen LogP contribution in [0.5, 0.6) is 0 Å². The van der Waals surface area contributed by atoms with Crippen LogP contribution in [0.3, 0.4) is 0 Å². The Morgan fingerprint density at radius 3 is 1.82 bits per heavy atom. The van der Waals surface area contributed by atoms with E-state index in [1.165, 1.54) is 54.7 Å². The Morgan fingerprint density at radius 2 is 1.07 bits per heavy atom. The first-order valence-corrected chi connectivity index (χ1v) is 15.2. The van der Waals surface area contributed by atoms with Gasteiger partial charge in [-0.2, -0.15) is 0 Å². The van der Waals surface area contributed by atoms with Crippen molar-refractivity contribution in [2.45, 2.75) is 12.3 Å². The number of rotatable bonds is 4. The predicted molar refractivity (Wildman–Crippen MR) is 183 cm³/mol. The zero-order valence-corrected chi connectivity index (χ0v) is 24.1. The first kappa shape index (κ1) is 25.0. The van der Waals surface area contributed by atoms with Gasteiger partial charge in [-0.05, 0) is 53.6 Å². The van der Waals surface area contributed by atoms with Crippen LogP contribution in [0.25, 0.3) is 55.0 Å². The van der Waals surface area contributed by atoms with Crippen LogP contribution in [-0.2, 0) is 0 Å². The Bertz CT molecular complexity index is 2330. The summed E-state index contributed by atoms with van der Waals surface area (Å²) >= 11 is 0. The summed E-state index contributed by atoms with van der Waals surface area (Å²) in [5, 5.41) is 12.8. The predicted octanol–water partition coefficient (Wildman–Crippen LogP) is 9.32. The van der Waals surface area contributed by atoms with Crippen molar-refractivity contribution in [3.05, 3.63) is 169 Å². The van der Waals surface area contributed by atoms with Gasteiger partial charge in [0.25, 0.3) is 0 Å². The first-order chi connectivity index (χ1) is 21.8. The number of fused-ring (bicyclic) bond motifs is 6. The Hall–Kier alpha value is -5.58. The van der Waals surface area contributed by atoms with E-state index < -0.39 is 0 Å². The monoisotopic (exact) mass is 566 g/mol. The maximum absolute atomic E-state index is 3.95. The molecule has 4 nitrogen and oxygen atoms in total. The molecule has 44 heavy (non-hydrogen) atoms. The lowest BCUT2D eigenvalue weighted by Gasteiger charge is -2.34. The summed E-state index contributed by atoms with van der Waals surface area (Å²) in [6, 6.07) is 54.4. The molecule has 1 aliphatic rings. The summed E-state index contributed by atoms with van der Waals surface area (Å²) < 4.78 is 4.85. The minimum absolute atomic E-state index is 0.0355. The van der Waals surface area contributed by atoms with Gasteiger partial charge >= 0.3 is 0 Å². The van der Waals surface area contributed by atoms with Gasteiger partial charge in [0.05, 0.1) is 28.1 Å². The van der Waals surface area contributed by atoms with E-state index in [1.807, 2.05) is 0 Å². The third-order valence-electron chi connectivity index (χ3n) is 8.98. The van der Waals surface area contributed by atoms with E-state index in [0.29, 0.717) is 0 Å². The number of para-hydroxylation sites is 3. The van der Waals surface area contributed by atoms with Crippen LogP contribution in [-0.4, -0.2) is 9.13 Å². The summed E-state index contributed by atoms with van der Waals surface area (Å²) in [5.74, 6) is 0. The smallest absolute Gasteiger partial charge is 0.160 e. The minimum Gasteiger partial charge on any atom is -0.352 e. The average molecular weight is 567 g/mol. The fraction of sp³-hybridized carbons (Fsp3) is 0.0500. The van der Waals surface area contributed by atoms with Gasteiger partial charge in [0.2, 0.25) is 0 Å². The topological polar surface area (TPSA) is 33.9 Å². The highest BCUT2D eigenvalue weighted by Crippen LogP contribution is 2.40. The fourth-order valence-electron chi connectivity index (χ4n) is 7.00. The van der Waals surface area contributed by atoms with Crippen LogP contribution in [0.1, 0.15) is 23.5 Å². The van der Waals surface area contributed by atoms with E-state index in [1.54, 1.807) is 0 Å². The van der Waals surface area contributed by atoms with E-state index in [0.717, 1.165) is 11.4 Å². The lowest BCUT2D eigenvalue weighted by Crippen LogP contribution is -2.43. The van der Waals surface area contributed by atoms with Gasteiger partial charge in [0.1, 0.15) is 0 Å². The number of aromatic nitrogens is 2. The molecule has 0 aliphatic carbocycles. The summed E-state index contributed by atoms with van der Waals surface area (Å²) in [5.41, 5.74) is 9.48. The first-order valence-electron chi connectivity index (χ1n) is 15.2. The van der Waals surface area contributed by atoms with Crippen molar-refractivity contribution in [1.29, 1.82) is 0 Å². The van der Waals surface area contributed by atoms with E-state index >= 15 is 0 Å². The van der Waals surface area contributed by atoms with Crippen LogP contribution >= 0.6 is 0 Å². The van der Waals surface area contributed by atoms with Gasteiger partial charge < -0.3 is 14.5 Å². The molecule has 0 spiro atoms. The molecule has 0 bridgehead atoms. The molecule has 8 aromatic rings. The molecule has 0 saturated carbocycles. The standard InChI is InChI=1S/C40H30N4/c1-4-14-27(15-5-1)34-25-35(28-16-6-2-7-17-28)42-40(41-34)44-37-23-13-11-21-31(37)33-24-32-30-20-10-12-22-36(30)43(38(32)26-39(33)44)29-18-8-3-9-19-29/h1-26,34,40-42H. The lowest BCUT2D eigenvalue weighted by atomic mass is 10.0. The van der Waals surface area contributed by atoms with E-state index in [9.17, 15) is 0 Å². The van der Waals surface area contributed by atoms with Gasteiger partial charge in [-0.1, -0.05) is 115 Å². The van der Waals surface area contributed by atoms with Gasteiger partial charge in [-0.25, -0.2) is 0 Å². The Balaban J connectivity index is 1.32. The van der Waals surface area contributed by atoms with Crippen LogP contribution in [0.2, 0.25) is 0 Å². The summed E-state index contributed by atoms with van der Waals surface area (Å²) in [4.78, 5) is 0. The Morgan fingerprint density at radius 1 is 0.477 bits per heavy atom. The Labute approximate surface area is 255 Å². The molecule has 4 heteroatoms. The normalized spacial score (nSPS) is 16.9. The summed E-state index contributed by atoms with van der Waals surface area (Å²) in [7, 11) is 0. The van der Waals surface area contributed by atoms with Gasteiger partial charge in [-0.15, -0.1) is 0 Å². The SMILES string of the molecule is C1=C(c2ccccc2)NC(n2c3ccccc3c3cc4c5ccccc5n(-c5ccccc5)c4cc32)NC1c1ccccc1. The van der Waals surface area contributed by atoms with Crippen molar-refractivity contribution >= 4 is 49.3 Å². The second kappa shape index (κ2) is 10.0. The molecule has 0 saturated heterocycles. The molecule has 6 aromatic carbocycles. The second-order valence-electron chi connectivity index (χ2n) is 11.5. The van der Waals surface area contributed by atoms with Crippen molar-refractivity contribution in [2.24, 2.45) is 0 Å². The van der Waals surface area contributed by atoms with Gasteiger partial charge in [0, 0.05) is 32.9 Å². The lowest BCUT2D eigenvalue weighted by molar-refractivity contribution is 0.350. The number of benzene rings is 6. The third kappa shape index (κ3) is 3.89. The molecule has 0 fully saturated rings. The van der Waals surface area contributed by atoms with E-state index in [4.69, 9.17) is 0 Å². The molecule has 2 unspecified atom stereocenters. The number of nitrogens with zero attached hydrogens (tertiary/aromatic N) is 2. The van der Waals surface area contributed by atoms with Crippen LogP contribution in [0.15, 0.2) is 158 Å². The zero-order valence-electron chi connectivity index (χ0n) is 24.1. The highest BCUT2D eigenvalue weighted by atomic mass is 15.3. The molecule has 0 radical (unpaired) electrons. The van der Waals surface area contributed by atoms with Crippen LogP contribution in [0.4, 0.5) is 0 Å². The molecule has 2 N–H and O–H groups in total. The molecule has 0 amide bonds. The minimum atomic E-state index is -0.185. The van der Waals surface area contributed by atoms with Crippen molar-refractivity contribution in [3.63, 3.8) is 0 Å². The summed E-state index contributed by atoms with van der Waals surface area (Å²) in [6.07, 6.45) is 2.12. The van der Waals surface area contributed by atoms with Crippen LogP contribution < -0.4 is 10.6 Å². The number of nitrogens with one attached hydrogen (secondary N) is 2. The molecule has 2 aromatic heterocycles. The largest absolute Gasteiger partial charge is 0.352 e. The molecular weight excluding hydrogens is 536 g/mol. The van der Waals surface area contributed by atoms with Crippen molar-refractivity contribution < 1.29 is 0 Å². The van der Waals surface area contributed by atoms with Crippen molar-refractivity contribution in [2.75, 3.05) is 0 Å². The van der Waals surface area contributed by atoms with E-state index in [2.05, 4.69) is 178 Å². The van der Waals surface area contributed by atoms with Crippen LogP contribution in [0, 0.1) is 0 Å². The molecule has 2 atom stereocenters. The summed E-state index contributed by atoms with van der Waals surface area (Å²) in [6.45, 7) is 0. The highest BCUT2D eigenvalue weighted by Gasteiger charge is 2.27.